The average Bonchev–Trinajstić information content (AvgIpc) is 2.71. The first-order valence-electron chi connectivity index (χ1n) is 9.26. The van der Waals surface area contributed by atoms with Crippen LogP contribution in [0.25, 0.3) is 11.0 Å². The third-order valence-corrected chi connectivity index (χ3v) is 5.98. The van der Waals surface area contributed by atoms with Crippen molar-refractivity contribution in [2.75, 3.05) is 11.1 Å². The van der Waals surface area contributed by atoms with Gasteiger partial charge in [-0.25, -0.2) is 14.8 Å². The molecule has 0 aliphatic rings. The number of carbonyl (C=O) groups is 1. The lowest BCUT2D eigenvalue weighted by molar-refractivity contribution is -0.113. The number of amides is 1. The number of thioether (sulfide) groups is 1. The van der Waals surface area contributed by atoms with Gasteiger partial charge in [0.15, 0.2) is 5.65 Å². The molecule has 1 N–H and O–H groups in total. The lowest BCUT2D eigenvalue weighted by Gasteiger charge is -2.13. The molecule has 0 bridgehead atoms. The Balaban J connectivity index is 1.96. The van der Waals surface area contributed by atoms with Crippen molar-refractivity contribution in [1.82, 2.24) is 19.1 Å². The predicted molar refractivity (Wildman–Crippen MR) is 120 cm³/mol. The number of hydrogen-bond donors (Lipinski definition) is 1. The number of aromatic nitrogens is 4. The molecule has 0 aliphatic heterocycles. The molecule has 0 saturated heterocycles. The second-order valence-electron chi connectivity index (χ2n) is 7.25. The zero-order chi connectivity index (χ0) is 22.2. The number of anilines is 1. The Labute approximate surface area is 182 Å². The number of benzene rings is 1. The highest BCUT2D eigenvalue weighted by atomic mass is 35.5. The third kappa shape index (κ3) is 4.27. The number of halogens is 1. The van der Waals surface area contributed by atoms with Crippen LogP contribution in [0.4, 0.5) is 5.69 Å². The Morgan fingerprint density at radius 2 is 1.90 bits per heavy atom. The molecule has 0 radical (unpaired) electrons. The quantitative estimate of drug-likeness (QED) is 0.477. The van der Waals surface area contributed by atoms with E-state index in [1.54, 1.807) is 19.2 Å². The molecule has 2 aromatic heterocycles. The summed E-state index contributed by atoms with van der Waals surface area (Å²) >= 11 is 7.23. The van der Waals surface area contributed by atoms with Crippen molar-refractivity contribution in [1.29, 1.82) is 0 Å². The molecule has 1 amide bonds. The van der Waals surface area contributed by atoms with E-state index in [1.807, 2.05) is 26.8 Å². The Bertz CT molecular complexity index is 1270. The standard InChI is InChI=1S/C20H22ClN5O3S/c1-10(2)16-23-17-15(19(28)26(5)20(29)25(17)4)18(24-16)30-9-14(27)22-12-7-6-11(3)13(21)8-12/h6-8,10H,9H2,1-5H3,(H,22,27). The number of hydrogen-bond acceptors (Lipinski definition) is 6. The van der Waals surface area contributed by atoms with Crippen LogP contribution in [0.2, 0.25) is 5.02 Å². The molecule has 1 aromatic carbocycles. The van der Waals surface area contributed by atoms with E-state index in [4.69, 9.17) is 11.6 Å². The molecule has 0 spiro atoms. The Morgan fingerprint density at radius 1 is 1.20 bits per heavy atom. The Kier molecular flexibility index (Phi) is 6.33. The first-order valence-corrected chi connectivity index (χ1v) is 10.6. The van der Waals surface area contributed by atoms with Crippen molar-refractivity contribution in [2.45, 2.75) is 31.7 Å². The van der Waals surface area contributed by atoms with Gasteiger partial charge in [0.05, 0.1) is 5.75 Å². The molecule has 3 rings (SSSR count). The summed E-state index contributed by atoms with van der Waals surface area (Å²) in [5.41, 5.74) is 0.807. The summed E-state index contributed by atoms with van der Waals surface area (Å²) in [4.78, 5) is 46.4. The lowest BCUT2D eigenvalue weighted by atomic mass is 10.2. The van der Waals surface area contributed by atoms with Gasteiger partial charge in [-0.2, -0.15) is 0 Å². The minimum absolute atomic E-state index is 0.0172. The largest absolute Gasteiger partial charge is 0.332 e. The van der Waals surface area contributed by atoms with Gasteiger partial charge in [-0.1, -0.05) is 43.3 Å². The molecule has 0 aliphatic carbocycles. The van der Waals surface area contributed by atoms with Gasteiger partial charge in [-0.15, -0.1) is 0 Å². The van der Waals surface area contributed by atoms with E-state index >= 15 is 0 Å². The number of nitrogens with zero attached hydrogens (tertiary/aromatic N) is 4. The van der Waals surface area contributed by atoms with Gasteiger partial charge in [-0.05, 0) is 24.6 Å². The summed E-state index contributed by atoms with van der Waals surface area (Å²) in [7, 11) is 2.96. The van der Waals surface area contributed by atoms with Crippen LogP contribution >= 0.6 is 23.4 Å². The molecule has 3 aromatic rings. The fourth-order valence-electron chi connectivity index (χ4n) is 2.81. The van der Waals surface area contributed by atoms with Gasteiger partial charge in [0.25, 0.3) is 5.56 Å². The van der Waals surface area contributed by atoms with Crippen LogP contribution in [-0.2, 0) is 18.9 Å². The number of rotatable bonds is 5. The van der Waals surface area contributed by atoms with E-state index in [-0.39, 0.29) is 28.6 Å². The van der Waals surface area contributed by atoms with Gasteiger partial charge < -0.3 is 5.32 Å². The van der Waals surface area contributed by atoms with E-state index in [9.17, 15) is 14.4 Å². The fraction of sp³-hybridized carbons (Fsp3) is 0.350. The first kappa shape index (κ1) is 22.0. The zero-order valence-corrected chi connectivity index (χ0v) is 18.9. The summed E-state index contributed by atoms with van der Waals surface area (Å²) in [5.74, 6) is 0.246. The molecule has 0 unspecified atom stereocenters. The molecular weight excluding hydrogens is 426 g/mol. The van der Waals surface area contributed by atoms with Gasteiger partial charge in [0, 0.05) is 30.7 Å². The highest BCUT2D eigenvalue weighted by Gasteiger charge is 2.19. The molecular formula is C20H22ClN5O3S. The number of carbonyl (C=O) groups excluding carboxylic acids is 1. The highest BCUT2D eigenvalue weighted by Crippen LogP contribution is 2.25. The summed E-state index contributed by atoms with van der Waals surface area (Å²) in [6, 6.07) is 5.27. The predicted octanol–water partition coefficient (Wildman–Crippen LogP) is 2.84. The highest BCUT2D eigenvalue weighted by molar-refractivity contribution is 8.00. The normalized spacial score (nSPS) is 11.3. The number of nitrogens with one attached hydrogen (secondary N) is 1. The lowest BCUT2D eigenvalue weighted by Crippen LogP contribution is -2.38. The molecule has 30 heavy (non-hydrogen) atoms. The second kappa shape index (κ2) is 8.61. The number of aryl methyl sites for hydroxylation is 2. The van der Waals surface area contributed by atoms with Gasteiger partial charge in [-0.3, -0.25) is 18.7 Å². The minimum atomic E-state index is -0.489. The van der Waals surface area contributed by atoms with Crippen LogP contribution < -0.4 is 16.6 Å². The molecule has 2 heterocycles. The summed E-state index contributed by atoms with van der Waals surface area (Å²) in [5, 5.41) is 3.94. The minimum Gasteiger partial charge on any atom is -0.325 e. The maximum absolute atomic E-state index is 12.7. The average molecular weight is 448 g/mol. The number of fused-ring (bicyclic) bond motifs is 1. The van der Waals surface area contributed by atoms with Crippen molar-refractivity contribution in [2.24, 2.45) is 14.1 Å². The molecule has 0 atom stereocenters. The van der Waals surface area contributed by atoms with E-state index < -0.39 is 11.2 Å². The maximum Gasteiger partial charge on any atom is 0.332 e. The first-order chi connectivity index (χ1) is 14.1. The summed E-state index contributed by atoms with van der Waals surface area (Å²) < 4.78 is 2.34. The van der Waals surface area contributed by atoms with Crippen LogP contribution in [0, 0.1) is 6.92 Å². The monoisotopic (exact) mass is 447 g/mol. The molecule has 158 valence electrons. The summed E-state index contributed by atoms with van der Waals surface area (Å²) in [6.45, 7) is 5.72. The summed E-state index contributed by atoms with van der Waals surface area (Å²) in [6.07, 6.45) is 0. The van der Waals surface area contributed by atoms with Gasteiger partial charge in [0.2, 0.25) is 5.91 Å². The van der Waals surface area contributed by atoms with Crippen LogP contribution in [0.5, 0.6) is 0 Å². The van der Waals surface area contributed by atoms with E-state index in [1.165, 1.54) is 11.6 Å². The third-order valence-electron chi connectivity index (χ3n) is 4.60. The SMILES string of the molecule is Cc1ccc(NC(=O)CSc2nc(C(C)C)nc3c2c(=O)n(C)c(=O)n3C)cc1Cl. The van der Waals surface area contributed by atoms with Crippen molar-refractivity contribution < 1.29 is 4.79 Å². The van der Waals surface area contributed by atoms with Crippen molar-refractivity contribution in [3.8, 4) is 0 Å². The van der Waals surface area contributed by atoms with Gasteiger partial charge >= 0.3 is 5.69 Å². The fourth-order valence-corrected chi connectivity index (χ4v) is 3.81. The van der Waals surface area contributed by atoms with E-state index in [2.05, 4.69) is 15.3 Å². The van der Waals surface area contributed by atoms with Gasteiger partial charge in [0.1, 0.15) is 16.2 Å². The molecule has 0 saturated carbocycles. The van der Waals surface area contributed by atoms with E-state index in [0.29, 0.717) is 21.6 Å². The molecule has 0 fully saturated rings. The Hall–Kier alpha value is -2.65. The van der Waals surface area contributed by atoms with Crippen molar-refractivity contribution >= 4 is 46.0 Å². The second-order valence-corrected chi connectivity index (χ2v) is 8.62. The molecule has 10 heteroatoms. The zero-order valence-electron chi connectivity index (χ0n) is 17.3. The van der Waals surface area contributed by atoms with Crippen LogP contribution in [0.1, 0.15) is 31.2 Å². The van der Waals surface area contributed by atoms with Crippen molar-refractivity contribution in [3.05, 3.63) is 55.4 Å². The smallest absolute Gasteiger partial charge is 0.325 e. The topological polar surface area (TPSA) is 98.9 Å². The van der Waals surface area contributed by atoms with Crippen LogP contribution in [0.3, 0.4) is 0 Å². The van der Waals surface area contributed by atoms with Crippen LogP contribution in [0.15, 0.2) is 32.8 Å². The maximum atomic E-state index is 12.7. The van der Waals surface area contributed by atoms with Crippen LogP contribution in [-0.4, -0.2) is 30.8 Å². The Morgan fingerprint density at radius 3 is 2.53 bits per heavy atom. The molecule has 8 nitrogen and oxygen atoms in total. The van der Waals surface area contributed by atoms with Crippen molar-refractivity contribution in [3.63, 3.8) is 0 Å². The van der Waals surface area contributed by atoms with E-state index in [0.717, 1.165) is 21.9 Å².